The molecule has 0 bridgehead atoms. The van der Waals surface area contributed by atoms with Crippen LogP contribution >= 0.6 is 0 Å². The standard InChI is InChI=1S/C46H49N7O4/c1-28(2)39(51-44(56)57-4)43(55)53-27-45(18-19-45)23-37(53)40-47-25-36(50-40)33-15-12-30(13-16-33)10-11-31-14-17-34-35(22-31)49-41(48-34)38-24-46(20-21-46)26-52(38)42(54)29(3)32-8-6-5-7-9-32/h5-9,12-17,22,25,28-29,37-39H,18-21,23-24,26-27H2,1-4H3,(H,47,50)(H,48,49)(H,51,56)/t29-,37-,38-,39-/m0/s1. The van der Waals surface area contributed by atoms with Crippen LogP contribution in [0.2, 0.25) is 0 Å². The lowest BCUT2D eigenvalue weighted by Gasteiger charge is -2.30. The van der Waals surface area contributed by atoms with Crippen molar-refractivity contribution in [2.75, 3.05) is 20.2 Å². The Morgan fingerprint density at radius 3 is 2.09 bits per heavy atom. The molecule has 3 aromatic carbocycles. The molecule has 0 radical (unpaired) electrons. The van der Waals surface area contributed by atoms with Gasteiger partial charge in [0.05, 0.1) is 48.0 Å². The van der Waals surface area contributed by atoms with Crippen molar-refractivity contribution in [1.29, 1.82) is 0 Å². The summed E-state index contributed by atoms with van der Waals surface area (Å²) in [6.45, 7) is 7.31. The number of hydrogen-bond acceptors (Lipinski definition) is 6. The molecule has 2 aromatic heterocycles. The van der Waals surface area contributed by atoms with Crippen LogP contribution in [0.4, 0.5) is 4.79 Å². The van der Waals surface area contributed by atoms with E-state index in [0.29, 0.717) is 6.54 Å². The summed E-state index contributed by atoms with van der Waals surface area (Å²) in [6, 6.07) is 23.2. The number of carbonyl (C=O) groups excluding carboxylic acids is 3. The molecule has 11 nitrogen and oxygen atoms in total. The molecule has 2 saturated carbocycles. The van der Waals surface area contributed by atoms with Crippen LogP contribution in [0.25, 0.3) is 22.3 Å². The molecule has 292 valence electrons. The van der Waals surface area contributed by atoms with E-state index in [1.165, 1.54) is 7.11 Å². The van der Waals surface area contributed by atoms with Gasteiger partial charge in [0.2, 0.25) is 11.8 Å². The molecule has 4 heterocycles. The third kappa shape index (κ3) is 7.18. The number of nitrogens with one attached hydrogen (secondary N) is 3. The molecule has 5 aromatic rings. The zero-order chi connectivity index (χ0) is 39.5. The van der Waals surface area contributed by atoms with Gasteiger partial charge in [0.15, 0.2) is 0 Å². The molecule has 3 amide bonds. The molecule has 0 unspecified atom stereocenters. The molecule has 4 fully saturated rings. The predicted octanol–water partition coefficient (Wildman–Crippen LogP) is 7.64. The Balaban J connectivity index is 0.888. The number of methoxy groups -OCH3 is 1. The monoisotopic (exact) mass is 763 g/mol. The number of nitrogens with zero attached hydrogens (tertiary/aromatic N) is 4. The summed E-state index contributed by atoms with van der Waals surface area (Å²) in [7, 11) is 1.31. The van der Waals surface area contributed by atoms with Gasteiger partial charge in [-0.25, -0.2) is 14.8 Å². The molecule has 2 saturated heterocycles. The van der Waals surface area contributed by atoms with E-state index in [9.17, 15) is 14.4 Å². The summed E-state index contributed by atoms with van der Waals surface area (Å²) in [6.07, 6.45) is 7.52. The van der Waals surface area contributed by atoms with Crippen LogP contribution in [-0.2, 0) is 14.3 Å². The summed E-state index contributed by atoms with van der Waals surface area (Å²) < 4.78 is 4.81. The minimum Gasteiger partial charge on any atom is -0.453 e. The highest BCUT2D eigenvalue weighted by atomic mass is 16.5. The first-order valence-electron chi connectivity index (χ1n) is 20.2. The van der Waals surface area contributed by atoms with E-state index in [1.54, 1.807) is 0 Å². The number of fused-ring (bicyclic) bond motifs is 1. The third-order valence-corrected chi connectivity index (χ3v) is 12.8. The number of aromatic nitrogens is 4. The fourth-order valence-electron chi connectivity index (χ4n) is 8.95. The Hall–Kier alpha value is -5.89. The van der Waals surface area contributed by atoms with Crippen molar-refractivity contribution in [3.63, 3.8) is 0 Å². The van der Waals surface area contributed by atoms with Crippen LogP contribution in [0.15, 0.2) is 79.0 Å². The van der Waals surface area contributed by atoms with Gasteiger partial charge in [-0.1, -0.05) is 68.2 Å². The summed E-state index contributed by atoms with van der Waals surface area (Å²) in [5, 5.41) is 2.74. The Labute approximate surface area is 333 Å². The zero-order valence-corrected chi connectivity index (χ0v) is 33.0. The molecule has 2 spiro atoms. The first-order valence-corrected chi connectivity index (χ1v) is 20.2. The lowest BCUT2D eigenvalue weighted by atomic mass is 9.99. The Morgan fingerprint density at radius 2 is 1.44 bits per heavy atom. The highest BCUT2D eigenvalue weighted by Crippen LogP contribution is 2.59. The number of aromatic amines is 2. The molecule has 9 rings (SSSR count). The highest BCUT2D eigenvalue weighted by molar-refractivity contribution is 5.87. The molecule has 11 heteroatoms. The van der Waals surface area contributed by atoms with Crippen LogP contribution in [-0.4, -0.2) is 73.9 Å². The maximum absolute atomic E-state index is 13.9. The number of alkyl carbamates (subject to hydrolysis) is 1. The fourth-order valence-corrected chi connectivity index (χ4v) is 8.95. The molecule has 57 heavy (non-hydrogen) atoms. The Morgan fingerprint density at radius 1 is 0.807 bits per heavy atom. The second-order valence-corrected chi connectivity index (χ2v) is 17.2. The van der Waals surface area contributed by atoms with Gasteiger partial charge in [-0.05, 0) is 104 Å². The van der Waals surface area contributed by atoms with E-state index in [-0.39, 0.29) is 46.6 Å². The van der Waals surface area contributed by atoms with Crippen molar-refractivity contribution in [3.05, 3.63) is 107 Å². The Kier molecular flexibility index (Phi) is 9.18. The van der Waals surface area contributed by atoms with Gasteiger partial charge in [0.25, 0.3) is 0 Å². The number of benzene rings is 3. The number of likely N-dealkylation sites (tertiary alicyclic amines) is 2. The van der Waals surface area contributed by atoms with E-state index in [0.717, 1.165) is 95.7 Å². The average Bonchev–Trinajstić information content (AvgIpc) is 3.84. The molecule has 4 aliphatic rings. The van der Waals surface area contributed by atoms with Gasteiger partial charge in [0.1, 0.15) is 17.7 Å². The number of imidazole rings is 2. The first kappa shape index (κ1) is 36.7. The minimum atomic E-state index is -0.681. The zero-order valence-electron chi connectivity index (χ0n) is 33.0. The lowest BCUT2D eigenvalue weighted by Crippen LogP contribution is -2.51. The molecule has 2 aliphatic carbocycles. The fraction of sp³-hybridized carbons (Fsp3) is 0.413. The minimum absolute atomic E-state index is 0.0699. The van der Waals surface area contributed by atoms with E-state index in [1.807, 2.05) is 105 Å². The summed E-state index contributed by atoms with van der Waals surface area (Å²) >= 11 is 0. The van der Waals surface area contributed by atoms with Crippen LogP contribution in [0, 0.1) is 28.6 Å². The Bertz CT molecular complexity index is 2400. The van der Waals surface area contributed by atoms with Gasteiger partial charge in [-0.15, -0.1) is 0 Å². The number of carbonyl (C=O) groups is 3. The number of rotatable bonds is 8. The van der Waals surface area contributed by atoms with Crippen molar-refractivity contribution in [2.45, 2.75) is 83.3 Å². The van der Waals surface area contributed by atoms with Gasteiger partial charge in [-0.3, -0.25) is 9.59 Å². The predicted molar refractivity (Wildman–Crippen MR) is 217 cm³/mol. The molecule has 4 atom stereocenters. The lowest BCUT2D eigenvalue weighted by molar-refractivity contribution is -0.136. The smallest absolute Gasteiger partial charge is 0.407 e. The molecule has 3 N–H and O–H groups in total. The topological polar surface area (TPSA) is 136 Å². The van der Waals surface area contributed by atoms with Gasteiger partial charge in [-0.2, -0.15) is 0 Å². The highest BCUT2D eigenvalue weighted by Gasteiger charge is 2.56. The maximum Gasteiger partial charge on any atom is 0.407 e. The SMILES string of the molecule is COC(=O)N[C@H](C(=O)N1CC2(CC2)C[C@H]1c1ncc(-c2ccc(C#Cc3ccc4nc([C@@H]5CC6(CC6)CN5C(=O)[C@@H](C)c5ccccc5)[nH]c4c3)cc2)[nH]1)C(C)C. The second-order valence-electron chi connectivity index (χ2n) is 17.2. The summed E-state index contributed by atoms with van der Waals surface area (Å²) in [5.74, 6) is 7.98. The summed E-state index contributed by atoms with van der Waals surface area (Å²) in [4.78, 5) is 60.5. The first-order chi connectivity index (χ1) is 27.5. The van der Waals surface area contributed by atoms with E-state index < -0.39 is 12.1 Å². The quantitative estimate of drug-likeness (QED) is 0.139. The van der Waals surface area contributed by atoms with Crippen molar-refractivity contribution >= 4 is 28.9 Å². The van der Waals surface area contributed by atoms with Crippen LogP contribution in [0.5, 0.6) is 0 Å². The van der Waals surface area contributed by atoms with E-state index in [4.69, 9.17) is 14.7 Å². The van der Waals surface area contributed by atoms with Crippen LogP contribution < -0.4 is 5.32 Å². The van der Waals surface area contributed by atoms with Crippen LogP contribution in [0.3, 0.4) is 0 Å². The van der Waals surface area contributed by atoms with Crippen LogP contribution in [0.1, 0.15) is 106 Å². The molecule has 2 aliphatic heterocycles. The number of hydrogen-bond donors (Lipinski definition) is 3. The largest absolute Gasteiger partial charge is 0.453 e. The van der Waals surface area contributed by atoms with E-state index in [2.05, 4.69) is 32.0 Å². The summed E-state index contributed by atoms with van der Waals surface area (Å²) in [5.41, 5.74) is 6.77. The van der Waals surface area contributed by atoms with Gasteiger partial charge < -0.3 is 29.8 Å². The number of amides is 3. The number of H-pyrrole nitrogens is 2. The van der Waals surface area contributed by atoms with E-state index >= 15 is 0 Å². The second kappa shape index (κ2) is 14.2. The number of ether oxygens (including phenoxy) is 1. The normalized spacial score (nSPS) is 21.1. The average molecular weight is 764 g/mol. The van der Waals surface area contributed by atoms with Gasteiger partial charge in [0, 0.05) is 24.2 Å². The van der Waals surface area contributed by atoms with Crippen molar-refractivity contribution in [3.8, 4) is 23.1 Å². The molecular weight excluding hydrogens is 715 g/mol. The van der Waals surface area contributed by atoms with Crippen molar-refractivity contribution in [2.24, 2.45) is 16.7 Å². The van der Waals surface area contributed by atoms with Gasteiger partial charge >= 0.3 is 6.09 Å². The molecular formula is C46H49N7O4. The maximum atomic E-state index is 13.9. The van der Waals surface area contributed by atoms with Crippen molar-refractivity contribution < 1.29 is 19.1 Å². The van der Waals surface area contributed by atoms with Crippen molar-refractivity contribution in [1.82, 2.24) is 35.1 Å². The third-order valence-electron chi connectivity index (χ3n) is 12.8.